The molecule has 0 aromatic carbocycles. The SMILES string of the molecule is Cc1nnc(SCC2=C(C(=O)O)N3C(=O)C(NC(=O)/C(=N/OCC(=O)NN)c4csc(N)n4)[C@H]3SC2)s1. The fraction of sp³-hybridized carbons (Fsp3) is 0.333. The van der Waals surface area contributed by atoms with E-state index in [1.54, 1.807) is 0 Å². The number of anilines is 1. The molecule has 0 bridgehead atoms. The van der Waals surface area contributed by atoms with Gasteiger partial charge in [0.15, 0.2) is 21.8 Å². The van der Waals surface area contributed by atoms with Crippen molar-refractivity contribution >= 4 is 80.7 Å². The molecule has 3 amide bonds. The first kappa shape index (κ1) is 26.8. The minimum Gasteiger partial charge on any atom is -0.477 e. The van der Waals surface area contributed by atoms with E-state index in [-0.39, 0.29) is 22.2 Å². The predicted molar refractivity (Wildman–Crippen MR) is 136 cm³/mol. The lowest BCUT2D eigenvalue weighted by Crippen LogP contribution is -2.71. The van der Waals surface area contributed by atoms with Crippen molar-refractivity contribution in [1.29, 1.82) is 0 Å². The number of fused-ring (bicyclic) bond motifs is 1. The van der Waals surface area contributed by atoms with Crippen LogP contribution in [0.25, 0.3) is 0 Å². The van der Waals surface area contributed by atoms with Gasteiger partial charge in [-0.1, -0.05) is 28.3 Å². The monoisotopic (exact) mass is 585 g/mol. The number of carboxylic acid groups (broad SMARTS) is 1. The Balaban J connectivity index is 1.48. The van der Waals surface area contributed by atoms with Gasteiger partial charge in [-0.05, 0) is 12.5 Å². The second-order valence-corrected chi connectivity index (χ2v) is 11.7. The maximum Gasteiger partial charge on any atom is 0.352 e. The summed E-state index contributed by atoms with van der Waals surface area (Å²) in [6.07, 6.45) is 0. The average molecular weight is 586 g/mol. The van der Waals surface area contributed by atoms with Crippen LogP contribution in [0.5, 0.6) is 0 Å². The number of aliphatic carboxylic acids is 1. The molecule has 4 heterocycles. The fourth-order valence-corrected chi connectivity index (χ4v) is 7.14. The molecule has 15 nitrogen and oxygen atoms in total. The van der Waals surface area contributed by atoms with Crippen molar-refractivity contribution in [2.75, 3.05) is 23.8 Å². The van der Waals surface area contributed by atoms with Crippen molar-refractivity contribution in [3.8, 4) is 0 Å². The summed E-state index contributed by atoms with van der Waals surface area (Å²) in [5, 5.41) is 25.8. The number of nitrogen functional groups attached to an aromatic ring is 1. The highest BCUT2D eigenvalue weighted by molar-refractivity contribution is 8.01. The highest BCUT2D eigenvalue weighted by Gasteiger charge is 2.54. The van der Waals surface area contributed by atoms with E-state index >= 15 is 0 Å². The molecule has 0 aliphatic carbocycles. The van der Waals surface area contributed by atoms with Gasteiger partial charge < -0.3 is 21.0 Å². The minimum atomic E-state index is -1.24. The maximum atomic E-state index is 13.0. The van der Waals surface area contributed by atoms with Crippen LogP contribution in [0.2, 0.25) is 0 Å². The van der Waals surface area contributed by atoms with Gasteiger partial charge in [0.25, 0.3) is 17.7 Å². The number of hydrazine groups is 1. The lowest BCUT2D eigenvalue weighted by Gasteiger charge is -2.49. The van der Waals surface area contributed by atoms with Crippen molar-refractivity contribution in [3.05, 3.63) is 27.4 Å². The molecule has 1 saturated heterocycles. The summed E-state index contributed by atoms with van der Waals surface area (Å²) in [4.78, 5) is 59.4. The molecule has 37 heavy (non-hydrogen) atoms. The summed E-state index contributed by atoms with van der Waals surface area (Å²) < 4.78 is 0.697. The van der Waals surface area contributed by atoms with Gasteiger partial charge in [-0.3, -0.25) is 24.7 Å². The highest BCUT2D eigenvalue weighted by atomic mass is 32.2. The Kier molecular flexibility index (Phi) is 8.27. The molecule has 0 radical (unpaired) electrons. The zero-order valence-corrected chi connectivity index (χ0v) is 22.1. The molecular weight excluding hydrogens is 567 g/mol. The molecule has 2 atom stereocenters. The van der Waals surface area contributed by atoms with Crippen molar-refractivity contribution in [2.24, 2.45) is 11.0 Å². The summed E-state index contributed by atoms with van der Waals surface area (Å²) in [6.45, 7) is 1.26. The van der Waals surface area contributed by atoms with Crippen molar-refractivity contribution in [1.82, 2.24) is 30.8 Å². The van der Waals surface area contributed by atoms with Crippen molar-refractivity contribution < 1.29 is 29.1 Å². The second kappa shape index (κ2) is 11.4. The Morgan fingerprint density at radius 2 is 2.16 bits per heavy atom. The van der Waals surface area contributed by atoms with E-state index in [1.807, 2.05) is 12.3 Å². The van der Waals surface area contributed by atoms with E-state index in [0.717, 1.165) is 16.3 Å². The van der Waals surface area contributed by atoms with E-state index in [4.69, 9.17) is 16.4 Å². The summed E-state index contributed by atoms with van der Waals surface area (Å²) in [7, 11) is 0. The van der Waals surface area contributed by atoms with E-state index in [2.05, 4.69) is 25.7 Å². The number of thiazole rings is 1. The predicted octanol–water partition coefficient (Wildman–Crippen LogP) is -0.873. The molecule has 2 aromatic heterocycles. The Labute approximate surface area is 225 Å². The summed E-state index contributed by atoms with van der Waals surface area (Å²) in [5.41, 5.74) is 7.72. The second-order valence-electron chi connectivity index (χ2n) is 7.35. The third kappa shape index (κ3) is 5.85. The number of hydrogen-bond acceptors (Lipinski definition) is 15. The lowest BCUT2D eigenvalue weighted by atomic mass is 10.0. The summed E-state index contributed by atoms with van der Waals surface area (Å²) in [5.74, 6) is 2.34. The number of thioether (sulfide) groups is 2. The lowest BCUT2D eigenvalue weighted by molar-refractivity contribution is -0.150. The quantitative estimate of drug-likeness (QED) is 0.0571. The normalized spacial score (nSPS) is 19.2. The Morgan fingerprint density at radius 1 is 1.38 bits per heavy atom. The molecular formula is C18H19N9O6S4. The largest absolute Gasteiger partial charge is 0.477 e. The van der Waals surface area contributed by atoms with Crippen LogP contribution in [0, 0.1) is 6.92 Å². The van der Waals surface area contributed by atoms with Gasteiger partial charge in [0.2, 0.25) is 0 Å². The number of hydrogen-bond donors (Lipinski definition) is 5. The highest BCUT2D eigenvalue weighted by Crippen LogP contribution is 2.41. The third-order valence-corrected chi connectivity index (χ3v) is 8.98. The van der Waals surface area contributed by atoms with Crippen LogP contribution in [-0.2, 0) is 24.0 Å². The zero-order valence-electron chi connectivity index (χ0n) is 18.9. The maximum absolute atomic E-state index is 13.0. The summed E-state index contributed by atoms with van der Waals surface area (Å²) in [6, 6.07) is -1.01. The zero-order chi connectivity index (χ0) is 26.7. The van der Waals surface area contributed by atoms with Crippen LogP contribution in [-0.4, -0.2) is 84.1 Å². The molecule has 2 aliphatic rings. The van der Waals surface area contributed by atoms with Gasteiger partial charge in [0.1, 0.15) is 27.8 Å². The first-order chi connectivity index (χ1) is 17.7. The minimum absolute atomic E-state index is 0.0745. The number of aryl methyl sites for hydroxylation is 1. The number of carbonyl (C=O) groups excluding carboxylic acids is 3. The molecule has 1 unspecified atom stereocenters. The number of aromatic nitrogens is 3. The van der Waals surface area contributed by atoms with Crippen LogP contribution >= 0.6 is 46.2 Å². The average Bonchev–Trinajstić information content (AvgIpc) is 3.50. The molecule has 0 saturated carbocycles. The van der Waals surface area contributed by atoms with Crippen LogP contribution < -0.4 is 22.3 Å². The van der Waals surface area contributed by atoms with Crippen LogP contribution in [0.15, 0.2) is 26.1 Å². The molecule has 7 N–H and O–H groups in total. The van der Waals surface area contributed by atoms with Gasteiger partial charge in [-0.15, -0.1) is 33.3 Å². The number of nitrogens with one attached hydrogen (secondary N) is 2. The Morgan fingerprint density at radius 3 is 2.78 bits per heavy atom. The summed E-state index contributed by atoms with van der Waals surface area (Å²) >= 11 is 5.11. The van der Waals surface area contributed by atoms with Crippen molar-refractivity contribution in [2.45, 2.75) is 22.7 Å². The van der Waals surface area contributed by atoms with Gasteiger partial charge in [0, 0.05) is 16.9 Å². The van der Waals surface area contributed by atoms with Gasteiger partial charge in [-0.2, -0.15) is 0 Å². The van der Waals surface area contributed by atoms with Gasteiger partial charge in [-0.25, -0.2) is 15.6 Å². The van der Waals surface area contributed by atoms with E-state index in [0.29, 0.717) is 21.4 Å². The molecule has 19 heteroatoms. The topological polar surface area (TPSA) is 228 Å². The number of nitrogens with two attached hydrogens (primary N) is 2. The number of amides is 3. The van der Waals surface area contributed by atoms with Crippen LogP contribution in [0.4, 0.5) is 5.13 Å². The first-order valence-corrected chi connectivity index (χ1v) is 14.0. The number of carbonyl (C=O) groups is 4. The van der Waals surface area contributed by atoms with E-state index < -0.39 is 41.7 Å². The number of nitrogens with zero attached hydrogens (tertiary/aromatic N) is 5. The number of rotatable bonds is 10. The number of β-lactam (4-membered cyclic amide) rings is 1. The Hall–Kier alpha value is -3.26. The molecule has 0 spiro atoms. The molecule has 196 valence electrons. The number of carboxylic acids is 1. The smallest absolute Gasteiger partial charge is 0.352 e. The standard InChI is InChI=1S/C18H19N9O6S4/c1-6-24-25-18(37-6)36-4-7-3-34-15-11(14(30)27(15)12(7)16(31)32)22-13(29)10(8-5-35-17(19)21-8)26-33-2-9(28)23-20/h5,11,15H,2-4,20H2,1H3,(H2,19,21)(H,22,29)(H,23,28)(H,31,32)/b26-10+/t11?,15-/m1/s1. The molecule has 2 aromatic rings. The Bertz CT molecular complexity index is 1310. The van der Waals surface area contributed by atoms with Gasteiger partial charge >= 0.3 is 5.97 Å². The molecule has 4 rings (SSSR count). The van der Waals surface area contributed by atoms with Crippen LogP contribution in [0.3, 0.4) is 0 Å². The van der Waals surface area contributed by atoms with Crippen molar-refractivity contribution in [3.63, 3.8) is 0 Å². The molecule has 1 fully saturated rings. The van der Waals surface area contributed by atoms with Gasteiger partial charge in [0.05, 0.1) is 0 Å². The van der Waals surface area contributed by atoms with E-state index in [1.165, 1.54) is 45.1 Å². The van der Waals surface area contributed by atoms with E-state index in [9.17, 15) is 24.3 Å². The van der Waals surface area contributed by atoms with Crippen LogP contribution in [0.1, 0.15) is 10.7 Å². The third-order valence-electron chi connectivity index (χ3n) is 4.91. The molecule has 2 aliphatic heterocycles. The first-order valence-electron chi connectivity index (χ1n) is 10.2. The fourth-order valence-electron chi connectivity index (χ4n) is 3.29. The number of oxime groups is 1.